The van der Waals surface area contributed by atoms with Crippen LogP contribution in [0.2, 0.25) is 0 Å². The van der Waals surface area contributed by atoms with E-state index in [2.05, 4.69) is 50.2 Å². The highest BCUT2D eigenvalue weighted by Gasteiger charge is 2.21. The summed E-state index contributed by atoms with van der Waals surface area (Å²) >= 11 is 2.80. The van der Waals surface area contributed by atoms with E-state index >= 15 is 0 Å². The first-order chi connectivity index (χ1) is 24.9. The van der Waals surface area contributed by atoms with E-state index in [1.54, 1.807) is 42.6 Å². The maximum absolute atomic E-state index is 13.7. The van der Waals surface area contributed by atoms with Crippen molar-refractivity contribution >= 4 is 79.4 Å². The molecule has 2 aromatic heterocycles. The topological polar surface area (TPSA) is 116 Å². The van der Waals surface area contributed by atoms with Crippen LogP contribution in [0, 0.1) is 0 Å². The first kappa shape index (κ1) is 33.5. The molecule has 0 saturated carbocycles. The molecular weight excluding hydrogens is 675 g/mol. The molecule has 0 spiro atoms. The molecule has 51 heavy (non-hydrogen) atoms. The normalized spacial score (nSPS) is 12.1. The van der Waals surface area contributed by atoms with Gasteiger partial charge in [0.1, 0.15) is 5.70 Å². The van der Waals surface area contributed by atoms with Crippen molar-refractivity contribution < 1.29 is 14.4 Å². The molecule has 3 amide bonds. The number of fused-ring (bicyclic) bond motifs is 2. The fourth-order valence-corrected chi connectivity index (χ4v) is 7.38. The fraction of sp³-hybridized carbons (Fsp3) is 0.0732. The zero-order valence-corrected chi connectivity index (χ0v) is 29.2. The van der Waals surface area contributed by atoms with Gasteiger partial charge in [0.05, 0.1) is 10.9 Å². The van der Waals surface area contributed by atoms with E-state index in [4.69, 9.17) is 0 Å². The number of aromatic amines is 1. The average Bonchev–Trinajstić information content (AvgIpc) is 3.81. The van der Waals surface area contributed by atoms with E-state index in [1.165, 1.54) is 23.1 Å². The third-order valence-electron chi connectivity index (χ3n) is 8.26. The SMILES string of the molecule is CCC(Sc1cccc(NC(=O)/C(=C/c2c[nH]c3ccccc23)NC(=O)c2ccccc2)c1)C(=O)Nc1nc(-c2ccc3ccccc3c2)cs1. The van der Waals surface area contributed by atoms with E-state index < -0.39 is 17.1 Å². The Bertz CT molecular complexity index is 2400. The van der Waals surface area contributed by atoms with Crippen molar-refractivity contribution in [2.75, 3.05) is 10.6 Å². The minimum atomic E-state index is -0.484. The van der Waals surface area contributed by atoms with E-state index in [0.717, 1.165) is 43.4 Å². The summed E-state index contributed by atoms with van der Waals surface area (Å²) in [6.07, 6.45) is 4.05. The number of rotatable bonds is 11. The van der Waals surface area contributed by atoms with Gasteiger partial charge in [0.15, 0.2) is 5.13 Å². The smallest absolute Gasteiger partial charge is 0.272 e. The van der Waals surface area contributed by atoms with Crippen LogP contribution in [0.5, 0.6) is 0 Å². The van der Waals surface area contributed by atoms with E-state index in [0.29, 0.717) is 22.8 Å². The Labute approximate surface area is 303 Å². The lowest BCUT2D eigenvalue weighted by Gasteiger charge is -2.15. The minimum Gasteiger partial charge on any atom is -0.361 e. The number of amides is 3. The van der Waals surface area contributed by atoms with Crippen LogP contribution in [0.4, 0.5) is 10.8 Å². The molecule has 0 fully saturated rings. The molecular formula is C41H33N5O3S2. The predicted octanol–water partition coefficient (Wildman–Crippen LogP) is 9.36. The lowest BCUT2D eigenvalue weighted by atomic mass is 10.1. The number of para-hydroxylation sites is 1. The summed E-state index contributed by atoms with van der Waals surface area (Å²) in [7, 11) is 0. The van der Waals surface area contributed by atoms with Crippen molar-refractivity contribution in [3.05, 3.63) is 150 Å². The highest BCUT2D eigenvalue weighted by Crippen LogP contribution is 2.31. The zero-order chi connectivity index (χ0) is 35.2. The van der Waals surface area contributed by atoms with Gasteiger partial charge in [-0.2, -0.15) is 0 Å². The van der Waals surface area contributed by atoms with Crippen molar-refractivity contribution in [3.63, 3.8) is 0 Å². The van der Waals surface area contributed by atoms with Crippen molar-refractivity contribution in [1.82, 2.24) is 15.3 Å². The summed E-state index contributed by atoms with van der Waals surface area (Å²) in [5, 5.41) is 14.0. The van der Waals surface area contributed by atoms with Crippen molar-refractivity contribution in [2.45, 2.75) is 23.5 Å². The second kappa shape index (κ2) is 15.3. The number of thiazole rings is 1. The van der Waals surface area contributed by atoms with Crippen LogP contribution in [-0.4, -0.2) is 32.9 Å². The Morgan fingerprint density at radius 2 is 1.63 bits per heavy atom. The van der Waals surface area contributed by atoms with Gasteiger partial charge in [-0.05, 0) is 65.7 Å². The van der Waals surface area contributed by atoms with E-state index in [9.17, 15) is 14.4 Å². The third kappa shape index (κ3) is 7.93. The van der Waals surface area contributed by atoms with Crippen LogP contribution in [-0.2, 0) is 9.59 Å². The summed E-state index contributed by atoms with van der Waals surface area (Å²) in [4.78, 5) is 49.0. The number of nitrogens with one attached hydrogen (secondary N) is 4. The molecule has 0 saturated heterocycles. The highest BCUT2D eigenvalue weighted by atomic mass is 32.2. The Balaban J connectivity index is 1.05. The predicted molar refractivity (Wildman–Crippen MR) is 209 cm³/mol. The van der Waals surface area contributed by atoms with Gasteiger partial charge in [-0.3, -0.25) is 14.4 Å². The number of hydrogen-bond donors (Lipinski definition) is 4. The van der Waals surface area contributed by atoms with Gasteiger partial charge in [0.2, 0.25) is 5.91 Å². The maximum Gasteiger partial charge on any atom is 0.272 e. The van der Waals surface area contributed by atoms with Gasteiger partial charge in [-0.1, -0.05) is 85.8 Å². The van der Waals surface area contributed by atoms with Gasteiger partial charge >= 0.3 is 0 Å². The van der Waals surface area contributed by atoms with Crippen LogP contribution in [0.1, 0.15) is 29.3 Å². The number of benzene rings is 5. The van der Waals surface area contributed by atoms with Gasteiger partial charge < -0.3 is 20.9 Å². The third-order valence-corrected chi connectivity index (χ3v) is 10.4. The molecule has 2 heterocycles. The average molecular weight is 708 g/mol. The molecule has 0 bridgehead atoms. The number of anilines is 2. The molecule has 0 aliphatic rings. The number of H-pyrrole nitrogens is 1. The van der Waals surface area contributed by atoms with Crippen LogP contribution in [0.3, 0.4) is 0 Å². The fourth-order valence-electron chi connectivity index (χ4n) is 5.64. The summed E-state index contributed by atoms with van der Waals surface area (Å²) in [5.41, 5.74) is 4.52. The lowest BCUT2D eigenvalue weighted by molar-refractivity contribution is -0.116. The molecule has 5 aromatic carbocycles. The van der Waals surface area contributed by atoms with Crippen molar-refractivity contribution in [1.29, 1.82) is 0 Å². The Hall–Kier alpha value is -5.97. The highest BCUT2D eigenvalue weighted by molar-refractivity contribution is 8.00. The first-order valence-electron chi connectivity index (χ1n) is 16.4. The van der Waals surface area contributed by atoms with Gasteiger partial charge in [-0.25, -0.2) is 4.98 Å². The Morgan fingerprint density at radius 1 is 0.843 bits per heavy atom. The molecule has 7 aromatic rings. The summed E-state index contributed by atoms with van der Waals surface area (Å²) in [6.45, 7) is 1.96. The van der Waals surface area contributed by atoms with E-state index in [1.807, 2.05) is 79.0 Å². The van der Waals surface area contributed by atoms with Gasteiger partial charge in [0, 0.05) is 49.8 Å². The summed E-state index contributed by atoms with van der Waals surface area (Å²) < 4.78 is 0. The summed E-state index contributed by atoms with van der Waals surface area (Å²) in [6, 6.07) is 38.2. The minimum absolute atomic E-state index is 0.0870. The molecule has 0 aliphatic heterocycles. The quantitative estimate of drug-likeness (QED) is 0.0790. The molecule has 8 nitrogen and oxygen atoms in total. The molecule has 0 aliphatic carbocycles. The van der Waals surface area contributed by atoms with Crippen molar-refractivity contribution in [2.24, 2.45) is 0 Å². The maximum atomic E-state index is 13.7. The molecule has 4 N–H and O–H groups in total. The van der Waals surface area contributed by atoms with Crippen LogP contribution >= 0.6 is 23.1 Å². The van der Waals surface area contributed by atoms with Gasteiger partial charge in [-0.15, -0.1) is 23.1 Å². The van der Waals surface area contributed by atoms with Crippen LogP contribution in [0.25, 0.3) is 39.0 Å². The number of hydrogen-bond acceptors (Lipinski definition) is 6. The molecule has 7 rings (SSSR count). The zero-order valence-electron chi connectivity index (χ0n) is 27.6. The largest absolute Gasteiger partial charge is 0.361 e. The second-order valence-electron chi connectivity index (χ2n) is 11.8. The molecule has 1 atom stereocenters. The number of thioether (sulfide) groups is 1. The number of carbonyl (C=O) groups is 3. The van der Waals surface area contributed by atoms with Crippen LogP contribution < -0.4 is 16.0 Å². The monoisotopic (exact) mass is 707 g/mol. The molecule has 1 unspecified atom stereocenters. The molecule has 10 heteroatoms. The Kier molecular flexibility index (Phi) is 10.0. The molecule has 0 radical (unpaired) electrons. The molecule has 252 valence electrons. The number of aromatic nitrogens is 2. The van der Waals surface area contributed by atoms with Crippen LogP contribution in [0.15, 0.2) is 143 Å². The first-order valence-corrected chi connectivity index (χ1v) is 18.2. The number of carbonyl (C=O) groups excluding carboxylic acids is 3. The van der Waals surface area contributed by atoms with E-state index in [-0.39, 0.29) is 11.6 Å². The second-order valence-corrected chi connectivity index (χ2v) is 13.9. The number of nitrogens with zero attached hydrogens (tertiary/aromatic N) is 1. The van der Waals surface area contributed by atoms with Crippen molar-refractivity contribution in [3.8, 4) is 11.3 Å². The Morgan fingerprint density at radius 3 is 2.47 bits per heavy atom. The lowest BCUT2D eigenvalue weighted by Crippen LogP contribution is -2.30. The standard InChI is InChI=1S/C41H33N5O3S2/c1-2-37(40(49)46-41-45-36(25-50-41)29-20-19-26-11-6-7-14-28(26)21-29)51-32-16-10-15-31(23-32)43-39(48)35(44-38(47)27-12-4-3-5-13-27)22-30-24-42-34-18-9-8-17-33(30)34/h3-25,37,42H,2H2,1H3,(H,43,48)(H,44,47)(H,45,46,49)/b35-22-. The summed E-state index contributed by atoms with van der Waals surface area (Å²) in [5.74, 6) is -1.03. The van der Waals surface area contributed by atoms with Gasteiger partial charge in [0.25, 0.3) is 11.8 Å².